The number of benzene rings is 1. The van der Waals surface area contributed by atoms with Gasteiger partial charge < -0.3 is 15.1 Å². The predicted octanol–water partition coefficient (Wildman–Crippen LogP) is 2.33. The maximum atomic E-state index is 12.6. The molecule has 7 heteroatoms. The standard InChI is InChI=1S/C20H22N4O3/c1-14(25)16-4-3-5-18(12-16)22-19-7-6-17(13-21-19)20(27)24-10-8-23(9-11-24)15(2)26/h3-7,12-13H,8-11H2,1-2H3,(H,21,22). The zero-order valence-corrected chi connectivity index (χ0v) is 15.4. The van der Waals surface area contributed by atoms with E-state index in [9.17, 15) is 14.4 Å². The number of ketones is 1. The number of amides is 2. The van der Waals surface area contributed by atoms with E-state index >= 15 is 0 Å². The minimum atomic E-state index is -0.0872. The van der Waals surface area contributed by atoms with Crippen LogP contribution in [0, 0.1) is 0 Å². The van der Waals surface area contributed by atoms with E-state index in [1.54, 1.807) is 47.1 Å². The third-order valence-corrected chi connectivity index (χ3v) is 4.56. The van der Waals surface area contributed by atoms with E-state index in [2.05, 4.69) is 10.3 Å². The lowest BCUT2D eigenvalue weighted by Crippen LogP contribution is -2.50. The Hall–Kier alpha value is -3.22. The summed E-state index contributed by atoms with van der Waals surface area (Å²) in [6, 6.07) is 10.6. The van der Waals surface area contributed by atoms with Gasteiger partial charge in [0.1, 0.15) is 5.82 Å². The van der Waals surface area contributed by atoms with Gasteiger partial charge in [0, 0.05) is 50.6 Å². The molecule has 2 amide bonds. The number of piperazine rings is 1. The monoisotopic (exact) mass is 366 g/mol. The summed E-state index contributed by atoms with van der Waals surface area (Å²) >= 11 is 0. The maximum Gasteiger partial charge on any atom is 0.255 e. The number of carbonyl (C=O) groups is 3. The molecule has 7 nitrogen and oxygen atoms in total. The van der Waals surface area contributed by atoms with Crippen LogP contribution in [0.5, 0.6) is 0 Å². The maximum absolute atomic E-state index is 12.6. The lowest BCUT2D eigenvalue weighted by molar-refractivity contribution is -0.130. The number of pyridine rings is 1. The second kappa shape index (κ2) is 7.99. The summed E-state index contributed by atoms with van der Waals surface area (Å²) < 4.78 is 0. The van der Waals surface area contributed by atoms with Gasteiger partial charge in [-0.25, -0.2) is 4.98 Å². The van der Waals surface area contributed by atoms with Gasteiger partial charge in [-0.05, 0) is 31.2 Å². The molecule has 0 spiro atoms. The number of Topliss-reactive ketones (excluding diaryl/α,β-unsaturated/α-hetero) is 1. The van der Waals surface area contributed by atoms with Crippen LogP contribution < -0.4 is 5.32 Å². The van der Waals surface area contributed by atoms with Crippen LogP contribution in [0.4, 0.5) is 11.5 Å². The highest BCUT2D eigenvalue weighted by atomic mass is 16.2. The molecular weight excluding hydrogens is 344 g/mol. The number of hydrogen-bond acceptors (Lipinski definition) is 5. The summed E-state index contributed by atoms with van der Waals surface area (Å²) in [4.78, 5) is 43.2. The van der Waals surface area contributed by atoms with Gasteiger partial charge in [-0.3, -0.25) is 14.4 Å². The molecular formula is C20H22N4O3. The van der Waals surface area contributed by atoms with Crippen molar-refractivity contribution >= 4 is 29.1 Å². The highest BCUT2D eigenvalue weighted by molar-refractivity contribution is 5.95. The molecule has 2 aromatic rings. The summed E-state index contributed by atoms with van der Waals surface area (Å²) in [6.07, 6.45) is 1.54. The molecule has 1 aliphatic heterocycles. The molecule has 1 N–H and O–H groups in total. The predicted molar refractivity (Wildman–Crippen MR) is 102 cm³/mol. The number of nitrogens with zero attached hydrogens (tertiary/aromatic N) is 3. The summed E-state index contributed by atoms with van der Waals surface area (Å²) in [7, 11) is 0. The molecule has 0 aliphatic carbocycles. The van der Waals surface area contributed by atoms with Crippen LogP contribution in [0.15, 0.2) is 42.6 Å². The van der Waals surface area contributed by atoms with E-state index in [1.165, 1.54) is 13.1 Å². The van der Waals surface area contributed by atoms with Crippen LogP contribution in [-0.4, -0.2) is 58.6 Å². The van der Waals surface area contributed by atoms with E-state index in [4.69, 9.17) is 0 Å². The summed E-state index contributed by atoms with van der Waals surface area (Å²) in [5.41, 5.74) is 1.89. The van der Waals surface area contributed by atoms with Crippen molar-refractivity contribution < 1.29 is 14.4 Å². The number of nitrogens with one attached hydrogen (secondary N) is 1. The lowest BCUT2D eigenvalue weighted by atomic mass is 10.1. The lowest BCUT2D eigenvalue weighted by Gasteiger charge is -2.34. The third kappa shape index (κ3) is 4.49. The zero-order valence-electron chi connectivity index (χ0n) is 15.4. The largest absolute Gasteiger partial charge is 0.340 e. The smallest absolute Gasteiger partial charge is 0.255 e. The second-order valence-corrected chi connectivity index (χ2v) is 6.49. The normalized spacial score (nSPS) is 14.0. The fourth-order valence-corrected chi connectivity index (χ4v) is 2.97. The molecule has 0 unspecified atom stereocenters. The van der Waals surface area contributed by atoms with Crippen LogP contribution in [-0.2, 0) is 4.79 Å². The van der Waals surface area contributed by atoms with Crippen molar-refractivity contribution in [3.63, 3.8) is 0 Å². The Morgan fingerprint density at radius 3 is 2.22 bits per heavy atom. The van der Waals surface area contributed by atoms with Gasteiger partial charge in [0.05, 0.1) is 5.56 Å². The molecule has 1 saturated heterocycles. The van der Waals surface area contributed by atoms with E-state index < -0.39 is 0 Å². The van der Waals surface area contributed by atoms with Gasteiger partial charge in [-0.15, -0.1) is 0 Å². The zero-order chi connectivity index (χ0) is 19.4. The van der Waals surface area contributed by atoms with Crippen LogP contribution in [0.1, 0.15) is 34.6 Å². The van der Waals surface area contributed by atoms with Crippen LogP contribution >= 0.6 is 0 Å². The van der Waals surface area contributed by atoms with Crippen molar-refractivity contribution in [1.29, 1.82) is 0 Å². The van der Waals surface area contributed by atoms with Crippen molar-refractivity contribution in [3.8, 4) is 0 Å². The van der Waals surface area contributed by atoms with E-state index in [0.717, 1.165) is 5.69 Å². The Balaban J connectivity index is 1.63. The highest BCUT2D eigenvalue weighted by Crippen LogP contribution is 2.17. The minimum absolute atomic E-state index is 0.00239. The first-order valence-corrected chi connectivity index (χ1v) is 8.83. The van der Waals surface area contributed by atoms with Crippen LogP contribution in [0.2, 0.25) is 0 Å². The van der Waals surface area contributed by atoms with Crippen LogP contribution in [0.3, 0.4) is 0 Å². The molecule has 140 valence electrons. The SMILES string of the molecule is CC(=O)c1cccc(Nc2ccc(C(=O)N3CCN(C(C)=O)CC3)cn2)c1. The number of aromatic nitrogens is 1. The number of carbonyl (C=O) groups excluding carboxylic acids is 3. The molecule has 0 radical (unpaired) electrons. The molecule has 0 saturated carbocycles. The third-order valence-electron chi connectivity index (χ3n) is 4.56. The van der Waals surface area contributed by atoms with Gasteiger partial charge in [0.15, 0.2) is 5.78 Å². The van der Waals surface area contributed by atoms with Crippen molar-refractivity contribution in [3.05, 3.63) is 53.7 Å². The molecule has 0 bridgehead atoms. The number of anilines is 2. The molecule has 2 heterocycles. The average Bonchev–Trinajstić information content (AvgIpc) is 2.68. The first-order chi connectivity index (χ1) is 12.9. The first-order valence-electron chi connectivity index (χ1n) is 8.83. The van der Waals surface area contributed by atoms with E-state index in [1.807, 2.05) is 6.07 Å². The van der Waals surface area contributed by atoms with Crippen molar-refractivity contribution in [2.24, 2.45) is 0 Å². The van der Waals surface area contributed by atoms with Crippen molar-refractivity contribution in [1.82, 2.24) is 14.8 Å². The van der Waals surface area contributed by atoms with E-state index in [0.29, 0.717) is 43.1 Å². The number of rotatable bonds is 4. The molecule has 1 fully saturated rings. The minimum Gasteiger partial charge on any atom is -0.340 e. The first kappa shape index (κ1) is 18.6. The van der Waals surface area contributed by atoms with Crippen molar-refractivity contribution in [2.45, 2.75) is 13.8 Å². The molecule has 1 aliphatic rings. The Morgan fingerprint density at radius 2 is 1.63 bits per heavy atom. The Morgan fingerprint density at radius 1 is 0.926 bits per heavy atom. The van der Waals surface area contributed by atoms with E-state index in [-0.39, 0.29) is 17.6 Å². The van der Waals surface area contributed by atoms with Crippen LogP contribution in [0.25, 0.3) is 0 Å². The average molecular weight is 366 g/mol. The second-order valence-electron chi connectivity index (χ2n) is 6.49. The van der Waals surface area contributed by atoms with Gasteiger partial charge in [0.2, 0.25) is 5.91 Å². The summed E-state index contributed by atoms with van der Waals surface area (Å²) in [6.45, 7) is 5.22. The van der Waals surface area contributed by atoms with Gasteiger partial charge in [-0.1, -0.05) is 12.1 Å². The molecule has 1 aromatic heterocycles. The quantitative estimate of drug-likeness (QED) is 0.840. The van der Waals surface area contributed by atoms with Crippen molar-refractivity contribution in [2.75, 3.05) is 31.5 Å². The number of hydrogen-bond donors (Lipinski definition) is 1. The fourth-order valence-electron chi connectivity index (χ4n) is 2.97. The van der Waals surface area contributed by atoms with Gasteiger partial charge in [-0.2, -0.15) is 0 Å². The Bertz CT molecular complexity index is 856. The topological polar surface area (TPSA) is 82.6 Å². The fraction of sp³-hybridized carbons (Fsp3) is 0.300. The molecule has 0 atom stereocenters. The van der Waals surface area contributed by atoms with Gasteiger partial charge in [0.25, 0.3) is 5.91 Å². The Labute approximate surface area is 158 Å². The molecule has 3 rings (SSSR count). The van der Waals surface area contributed by atoms with Gasteiger partial charge >= 0.3 is 0 Å². The molecule has 1 aromatic carbocycles. The Kier molecular flexibility index (Phi) is 5.49. The summed E-state index contributed by atoms with van der Waals surface area (Å²) in [5, 5.41) is 3.13. The summed E-state index contributed by atoms with van der Waals surface area (Å²) in [5.74, 6) is 0.537. The molecule has 27 heavy (non-hydrogen) atoms. The highest BCUT2D eigenvalue weighted by Gasteiger charge is 2.23.